The van der Waals surface area contributed by atoms with Crippen molar-refractivity contribution >= 4 is 28.0 Å². The predicted octanol–water partition coefficient (Wildman–Crippen LogP) is 3.10. The molecule has 4 rings (SSSR count). The van der Waals surface area contributed by atoms with Crippen molar-refractivity contribution in [2.24, 2.45) is 0 Å². The summed E-state index contributed by atoms with van der Waals surface area (Å²) in [6, 6.07) is 13.6. The average molecular weight is 398 g/mol. The van der Waals surface area contributed by atoms with Gasteiger partial charge in [0.2, 0.25) is 0 Å². The van der Waals surface area contributed by atoms with Crippen molar-refractivity contribution in [2.45, 2.75) is 13.0 Å². The largest absolute Gasteiger partial charge is 0.491 e. The first-order chi connectivity index (χ1) is 14.1. The van der Waals surface area contributed by atoms with Crippen LogP contribution < -0.4 is 4.74 Å². The number of amides is 1. The lowest BCUT2D eigenvalue weighted by molar-refractivity contribution is 0.0408. The monoisotopic (exact) mass is 398 g/mol. The maximum Gasteiger partial charge on any atom is 0.409 e. The SMILES string of the molecule is CCOC(=O)N1CCN(C[C@@H](O)COc2ccc3oc4ccccc4c3c2)CC1. The van der Waals surface area contributed by atoms with Gasteiger partial charge < -0.3 is 23.9 Å². The number of furan rings is 1. The number of carbonyl (C=O) groups is 1. The summed E-state index contributed by atoms with van der Waals surface area (Å²) < 4.78 is 16.7. The highest BCUT2D eigenvalue weighted by molar-refractivity contribution is 6.05. The molecular weight excluding hydrogens is 372 g/mol. The third kappa shape index (κ3) is 4.46. The van der Waals surface area contributed by atoms with Crippen LogP contribution in [-0.4, -0.2) is 73.0 Å². The second kappa shape index (κ2) is 8.71. The lowest BCUT2D eigenvalue weighted by Crippen LogP contribution is -2.51. The number of fused-ring (bicyclic) bond motifs is 3. The molecule has 154 valence electrons. The highest BCUT2D eigenvalue weighted by Crippen LogP contribution is 2.31. The van der Waals surface area contributed by atoms with Crippen molar-refractivity contribution in [2.75, 3.05) is 45.9 Å². The fourth-order valence-corrected chi connectivity index (χ4v) is 3.67. The van der Waals surface area contributed by atoms with Gasteiger partial charge in [-0.3, -0.25) is 4.90 Å². The predicted molar refractivity (Wildman–Crippen MR) is 110 cm³/mol. The van der Waals surface area contributed by atoms with Gasteiger partial charge in [0, 0.05) is 43.5 Å². The minimum Gasteiger partial charge on any atom is -0.491 e. The number of para-hydroxylation sites is 1. The Morgan fingerprint density at radius 3 is 2.66 bits per heavy atom. The Balaban J connectivity index is 1.29. The van der Waals surface area contributed by atoms with Gasteiger partial charge in [0.05, 0.1) is 6.61 Å². The molecule has 7 heteroatoms. The van der Waals surface area contributed by atoms with Gasteiger partial charge >= 0.3 is 6.09 Å². The van der Waals surface area contributed by atoms with E-state index >= 15 is 0 Å². The van der Waals surface area contributed by atoms with Gasteiger partial charge in [-0.1, -0.05) is 18.2 Å². The quantitative estimate of drug-likeness (QED) is 0.688. The lowest BCUT2D eigenvalue weighted by Gasteiger charge is -2.34. The van der Waals surface area contributed by atoms with E-state index in [1.807, 2.05) is 42.5 Å². The Labute approximate surface area is 169 Å². The highest BCUT2D eigenvalue weighted by atomic mass is 16.6. The number of carbonyl (C=O) groups excluding carboxylic acids is 1. The summed E-state index contributed by atoms with van der Waals surface area (Å²) in [4.78, 5) is 15.6. The van der Waals surface area contributed by atoms with Crippen molar-refractivity contribution in [1.29, 1.82) is 0 Å². The van der Waals surface area contributed by atoms with E-state index < -0.39 is 6.10 Å². The maximum absolute atomic E-state index is 11.8. The molecule has 2 aromatic carbocycles. The van der Waals surface area contributed by atoms with Gasteiger partial charge in [0.15, 0.2) is 0 Å². The number of aliphatic hydroxyl groups is 1. The minimum atomic E-state index is -0.610. The van der Waals surface area contributed by atoms with Crippen LogP contribution in [0.3, 0.4) is 0 Å². The van der Waals surface area contributed by atoms with Crippen LogP contribution in [-0.2, 0) is 4.74 Å². The summed E-state index contributed by atoms with van der Waals surface area (Å²) in [6.07, 6.45) is -0.876. The summed E-state index contributed by atoms with van der Waals surface area (Å²) in [7, 11) is 0. The molecule has 3 aromatic rings. The van der Waals surface area contributed by atoms with Crippen LogP contribution in [0.2, 0.25) is 0 Å². The molecule has 1 aromatic heterocycles. The Morgan fingerprint density at radius 1 is 1.10 bits per heavy atom. The Bertz CT molecular complexity index is 978. The Kier molecular flexibility index (Phi) is 5.87. The lowest BCUT2D eigenvalue weighted by atomic mass is 10.1. The van der Waals surface area contributed by atoms with Crippen molar-refractivity contribution in [3.8, 4) is 5.75 Å². The van der Waals surface area contributed by atoms with Crippen LogP contribution in [0, 0.1) is 0 Å². The molecule has 0 aliphatic carbocycles. The molecule has 0 unspecified atom stereocenters. The molecule has 0 radical (unpaired) electrons. The van der Waals surface area contributed by atoms with Crippen LogP contribution in [0.5, 0.6) is 5.75 Å². The van der Waals surface area contributed by atoms with Crippen LogP contribution in [0.4, 0.5) is 4.79 Å². The Morgan fingerprint density at radius 2 is 1.86 bits per heavy atom. The van der Waals surface area contributed by atoms with E-state index in [1.165, 1.54) is 0 Å². The number of aliphatic hydroxyl groups excluding tert-OH is 1. The summed E-state index contributed by atoms with van der Waals surface area (Å²) >= 11 is 0. The van der Waals surface area contributed by atoms with Gasteiger partial charge in [0.1, 0.15) is 29.6 Å². The average Bonchev–Trinajstić information content (AvgIpc) is 3.11. The first kappa shape index (κ1) is 19.5. The second-order valence-corrected chi connectivity index (χ2v) is 7.21. The number of rotatable bonds is 6. The topological polar surface area (TPSA) is 75.4 Å². The van der Waals surface area contributed by atoms with Crippen LogP contribution in [0.15, 0.2) is 46.9 Å². The first-order valence-corrected chi connectivity index (χ1v) is 10.00. The zero-order chi connectivity index (χ0) is 20.2. The molecule has 1 aliphatic rings. The normalized spacial score (nSPS) is 16.3. The number of β-amino-alcohol motifs (C(OH)–C–C–N with tert-alkyl or cyclic N) is 1. The molecule has 1 saturated heterocycles. The van der Waals surface area contributed by atoms with E-state index in [0.29, 0.717) is 45.1 Å². The number of hydrogen-bond donors (Lipinski definition) is 1. The molecule has 1 atom stereocenters. The van der Waals surface area contributed by atoms with Crippen LogP contribution in [0.25, 0.3) is 21.9 Å². The van der Waals surface area contributed by atoms with Gasteiger partial charge in [0.25, 0.3) is 0 Å². The first-order valence-electron chi connectivity index (χ1n) is 10.00. The fourth-order valence-electron chi connectivity index (χ4n) is 3.67. The number of nitrogens with zero attached hydrogens (tertiary/aromatic N) is 2. The van der Waals surface area contributed by atoms with Gasteiger partial charge in [-0.2, -0.15) is 0 Å². The number of benzene rings is 2. The molecule has 2 heterocycles. The van der Waals surface area contributed by atoms with Crippen molar-refractivity contribution in [3.05, 3.63) is 42.5 Å². The molecule has 7 nitrogen and oxygen atoms in total. The van der Waals surface area contributed by atoms with Crippen molar-refractivity contribution in [1.82, 2.24) is 9.80 Å². The number of hydrogen-bond acceptors (Lipinski definition) is 6. The summed E-state index contributed by atoms with van der Waals surface area (Å²) in [5.74, 6) is 0.704. The van der Waals surface area contributed by atoms with Crippen molar-refractivity contribution < 1.29 is 23.8 Å². The van der Waals surface area contributed by atoms with E-state index in [0.717, 1.165) is 21.9 Å². The maximum atomic E-state index is 11.8. The zero-order valence-corrected chi connectivity index (χ0v) is 16.5. The Hall–Kier alpha value is -2.77. The van der Waals surface area contributed by atoms with Gasteiger partial charge in [-0.15, -0.1) is 0 Å². The van der Waals surface area contributed by atoms with Crippen molar-refractivity contribution in [3.63, 3.8) is 0 Å². The third-order valence-corrected chi connectivity index (χ3v) is 5.16. The molecule has 0 saturated carbocycles. The summed E-state index contributed by atoms with van der Waals surface area (Å²) in [5, 5.41) is 12.4. The highest BCUT2D eigenvalue weighted by Gasteiger charge is 2.23. The summed E-state index contributed by atoms with van der Waals surface area (Å²) in [6.45, 7) is 5.54. The molecule has 1 amide bonds. The van der Waals surface area contributed by atoms with Crippen LogP contribution >= 0.6 is 0 Å². The van der Waals surface area contributed by atoms with E-state index in [1.54, 1.807) is 11.8 Å². The molecule has 29 heavy (non-hydrogen) atoms. The molecule has 1 aliphatic heterocycles. The van der Waals surface area contributed by atoms with E-state index in [9.17, 15) is 9.90 Å². The second-order valence-electron chi connectivity index (χ2n) is 7.21. The zero-order valence-electron chi connectivity index (χ0n) is 16.5. The molecular formula is C22H26N2O5. The number of ether oxygens (including phenoxy) is 2. The minimum absolute atomic E-state index is 0.208. The third-order valence-electron chi connectivity index (χ3n) is 5.16. The molecule has 1 fully saturated rings. The molecule has 1 N–H and O–H groups in total. The molecule has 0 spiro atoms. The summed E-state index contributed by atoms with van der Waals surface area (Å²) in [5.41, 5.74) is 1.67. The van der Waals surface area contributed by atoms with Gasteiger partial charge in [-0.05, 0) is 31.2 Å². The van der Waals surface area contributed by atoms with Crippen LogP contribution in [0.1, 0.15) is 6.92 Å². The standard InChI is InChI=1S/C22H26N2O5/c1-2-27-22(26)24-11-9-23(10-12-24)14-16(25)15-28-17-7-8-21-19(13-17)18-5-3-4-6-20(18)29-21/h3-8,13,16,25H,2,9-12,14-15H2,1H3/t16-/m1/s1. The van der Waals surface area contributed by atoms with E-state index in [-0.39, 0.29) is 12.7 Å². The van der Waals surface area contributed by atoms with E-state index in [2.05, 4.69) is 4.90 Å². The van der Waals surface area contributed by atoms with Gasteiger partial charge in [-0.25, -0.2) is 4.79 Å². The molecule has 0 bridgehead atoms. The smallest absolute Gasteiger partial charge is 0.409 e. The fraction of sp³-hybridized carbons (Fsp3) is 0.409. The number of piperazine rings is 1. The van der Waals surface area contributed by atoms with E-state index in [4.69, 9.17) is 13.9 Å².